The number of benzene rings is 2. The molecule has 2 aromatic rings. The molecule has 2 heterocycles. The fourth-order valence-corrected chi connectivity index (χ4v) is 3.39. The molecule has 0 aromatic heterocycles. The molecule has 2 aromatic carbocycles. The van der Waals surface area contributed by atoms with Crippen LogP contribution in [0.1, 0.15) is 22.3 Å². The van der Waals surface area contributed by atoms with Crippen LogP contribution in [-0.2, 0) is 26.1 Å². The zero-order chi connectivity index (χ0) is 13.5. The summed E-state index contributed by atoms with van der Waals surface area (Å²) in [5, 5.41) is 0. The average molecular weight is 264 g/mol. The molecule has 0 saturated heterocycles. The molecule has 20 heavy (non-hydrogen) atoms. The van der Waals surface area contributed by atoms with Gasteiger partial charge < -0.3 is 9.80 Å². The highest BCUT2D eigenvalue weighted by Crippen LogP contribution is 2.30. The Morgan fingerprint density at radius 2 is 1.50 bits per heavy atom. The van der Waals surface area contributed by atoms with Gasteiger partial charge in [0.05, 0.1) is 0 Å². The van der Waals surface area contributed by atoms with Crippen LogP contribution in [-0.4, -0.2) is 18.5 Å². The van der Waals surface area contributed by atoms with Crippen LogP contribution < -0.4 is 4.90 Å². The Balaban J connectivity index is 1.62. The van der Waals surface area contributed by atoms with Crippen LogP contribution in [0, 0.1) is 0 Å². The minimum Gasteiger partial charge on any atom is -0.363 e. The van der Waals surface area contributed by atoms with Crippen LogP contribution >= 0.6 is 0 Å². The predicted octanol–water partition coefficient (Wildman–Crippen LogP) is 3.19. The molecule has 0 atom stereocenters. The highest BCUT2D eigenvalue weighted by atomic mass is 15.1. The lowest BCUT2D eigenvalue weighted by Crippen LogP contribution is -2.26. The summed E-state index contributed by atoms with van der Waals surface area (Å²) in [6, 6.07) is 15.8. The molecule has 0 spiro atoms. The molecule has 0 bridgehead atoms. The zero-order valence-corrected chi connectivity index (χ0v) is 12.0. The zero-order valence-electron chi connectivity index (χ0n) is 12.0. The molecule has 0 N–H and O–H groups in total. The maximum atomic E-state index is 2.49. The molecule has 0 unspecified atom stereocenters. The van der Waals surface area contributed by atoms with Crippen molar-refractivity contribution in [1.29, 1.82) is 0 Å². The monoisotopic (exact) mass is 264 g/mol. The highest BCUT2D eigenvalue weighted by molar-refractivity contribution is 5.55. The van der Waals surface area contributed by atoms with E-state index in [1.807, 2.05) is 0 Å². The van der Waals surface area contributed by atoms with Crippen LogP contribution in [0.15, 0.2) is 42.5 Å². The van der Waals surface area contributed by atoms with Crippen molar-refractivity contribution in [2.24, 2.45) is 0 Å². The van der Waals surface area contributed by atoms with E-state index < -0.39 is 0 Å². The van der Waals surface area contributed by atoms with Gasteiger partial charge in [-0.25, -0.2) is 0 Å². The molecular weight excluding hydrogens is 244 g/mol. The van der Waals surface area contributed by atoms with Gasteiger partial charge in [0, 0.05) is 31.9 Å². The first-order valence-electron chi connectivity index (χ1n) is 7.42. The Labute approximate surface area is 120 Å². The Kier molecular flexibility index (Phi) is 2.78. The third kappa shape index (κ3) is 2.01. The van der Waals surface area contributed by atoms with Crippen LogP contribution in [0.4, 0.5) is 5.69 Å². The van der Waals surface area contributed by atoms with E-state index >= 15 is 0 Å². The topological polar surface area (TPSA) is 6.48 Å². The molecule has 4 rings (SSSR count). The third-order valence-electron chi connectivity index (χ3n) is 4.60. The standard InChI is InChI=1S/C18H20N2/c1-19-9-8-14-10-18(7-6-17(14)11-19)20-12-15-4-2-3-5-16(15)13-20/h2-7,10H,8-9,11-13H2,1H3. The quantitative estimate of drug-likeness (QED) is 0.780. The smallest absolute Gasteiger partial charge is 0.0436 e. The van der Waals surface area contributed by atoms with Crippen LogP contribution in [0.5, 0.6) is 0 Å². The Hall–Kier alpha value is -1.80. The molecule has 2 aliphatic rings. The van der Waals surface area contributed by atoms with Crippen LogP contribution in [0.25, 0.3) is 0 Å². The summed E-state index contributed by atoms with van der Waals surface area (Å²) in [5.41, 5.74) is 7.37. The fraction of sp³-hybridized carbons (Fsp3) is 0.333. The number of anilines is 1. The van der Waals surface area contributed by atoms with Crippen molar-refractivity contribution in [2.75, 3.05) is 18.5 Å². The van der Waals surface area contributed by atoms with Gasteiger partial charge in [0.15, 0.2) is 0 Å². The van der Waals surface area contributed by atoms with E-state index in [9.17, 15) is 0 Å². The maximum absolute atomic E-state index is 2.49. The number of likely N-dealkylation sites (N-methyl/N-ethyl adjacent to an activating group) is 1. The van der Waals surface area contributed by atoms with E-state index in [1.54, 1.807) is 0 Å². The van der Waals surface area contributed by atoms with Crippen molar-refractivity contribution in [1.82, 2.24) is 4.90 Å². The summed E-state index contributed by atoms with van der Waals surface area (Å²) in [6.45, 7) is 4.37. The first kappa shape index (κ1) is 12.0. The van der Waals surface area contributed by atoms with Crippen molar-refractivity contribution in [3.63, 3.8) is 0 Å². The highest BCUT2D eigenvalue weighted by Gasteiger charge is 2.20. The molecule has 0 saturated carbocycles. The SMILES string of the molecule is CN1CCc2cc(N3Cc4ccccc4C3)ccc2C1. The number of fused-ring (bicyclic) bond motifs is 2. The Bertz CT molecular complexity index is 623. The second-order valence-electron chi connectivity index (χ2n) is 6.07. The Morgan fingerprint density at radius 1 is 0.800 bits per heavy atom. The number of hydrogen-bond donors (Lipinski definition) is 0. The maximum Gasteiger partial charge on any atom is 0.0436 e. The van der Waals surface area contributed by atoms with Gasteiger partial charge in [-0.3, -0.25) is 0 Å². The molecule has 2 nitrogen and oxygen atoms in total. The molecule has 2 heteroatoms. The summed E-state index contributed by atoms with van der Waals surface area (Å²) in [7, 11) is 2.20. The molecular formula is C18H20N2. The van der Waals surface area contributed by atoms with Crippen molar-refractivity contribution in [3.05, 3.63) is 64.7 Å². The van der Waals surface area contributed by atoms with Gasteiger partial charge >= 0.3 is 0 Å². The van der Waals surface area contributed by atoms with Gasteiger partial charge in [-0.2, -0.15) is 0 Å². The van der Waals surface area contributed by atoms with Crippen LogP contribution in [0.2, 0.25) is 0 Å². The molecule has 0 aliphatic carbocycles. The lowest BCUT2D eigenvalue weighted by Gasteiger charge is -2.27. The first-order chi connectivity index (χ1) is 9.79. The molecule has 0 amide bonds. The van der Waals surface area contributed by atoms with Gasteiger partial charge in [-0.15, -0.1) is 0 Å². The number of hydrogen-bond acceptors (Lipinski definition) is 2. The summed E-state index contributed by atoms with van der Waals surface area (Å²) in [5.74, 6) is 0. The van der Waals surface area contributed by atoms with Gasteiger partial charge in [0.1, 0.15) is 0 Å². The average Bonchev–Trinajstić information content (AvgIpc) is 2.90. The summed E-state index contributed by atoms with van der Waals surface area (Å²) in [4.78, 5) is 4.89. The van der Waals surface area contributed by atoms with Gasteiger partial charge in [0.2, 0.25) is 0 Å². The van der Waals surface area contributed by atoms with Crippen molar-refractivity contribution >= 4 is 5.69 Å². The first-order valence-corrected chi connectivity index (χ1v) is 7.42. The molecule has 0 radical (unpaired) electrons. The van der Waals surface area contributed by atoms with Crippen LogP contribution in [0.3, 0.4) is 0 Å². The van der Waals surface area contributed by atoms with E-state index in [0.717, 1.165) is 19.6 Å². The Morgan fingerprint density at radius 3 is 2.25 bits per heavy atom. The normalized spacial score (nSPS) is 17.9. The van der Waals surface area contributed by atoms with Crippen molar-refractivity contribution in [3.8, 4) is 0 Å². The lowest BCUT2D eigenvalue weighted by atomic mass is 9.99. The summed E-state index contributed by atoms with van der Waals surface area (Å²) in [6.07, 6.45) is 1.18. The van der Waals surface area contributed by atoms with E-state index in [2.05, 4.69) is 59.3 Å². The second-order valence-corrected chi connectivity index (χ2v) is 6.07. The molecule has 0 fully saturated rings. The van der Waals surface area contributed by atoms with Gasteiger partial charge in [0.25, 0.3) is 0 Å². The molecule has 2 aliphatic heterocycles. The minimum absolute atomic E-state index is 1.05. The predicted molar refractivity (Wildman–Crippen MR) is 82.8 cm³/mol. The van der Waals surface area contributed by atoms with Crippen molar-refractivity contribution < 1.29 is 0 Å². The largest absolute Gasteiger partial charge is 0.363 e. The van der Waals surface area contributed by atoms with E-state index in [1.165, 1.54) is 40.9 Å². The third-order valence-corrected chi connectivity index (χ3v) is 4.60. The molecule has 102 valence electrons. The summed E-state index contributed by atoms with van der Waals surface area (Å²) >= 11 is 0. The van der Waals surface area contributed by atoms with E-state index in [4.69, 9.17) is 0 Å². The van der Waals surface area contributed by atoms with Crippen molar-refractivity contribution in [2.45, 2.75) is 26.1 Å². The fourth-order valence-electron chi connectivity index (χ4n) is 3.39. The van der Waals surface area contributed by atoms with E-state index in [0.29, 0.717) is 0 Å². The van der Waals surface area contributed by atoms with Gasteiger partial charge in [-0.1, -0.05) is 30.3 Å². The summed E-state index contributed by atoms with van der Waals surface area (Å²) < 4.78 is 0. The number of rotatable bonds is 1. The van der Waals surface area contributed by atoms with Gasteiger partial charge in [-0.05, 0) is 47.9 Å². The number of nitrogens with zero attached hydrogens (tertiary/aromatic N) is 2. The lowest BCUT2D eigenvalue weighted by molar-refractivity contribution is 0.313. The minimum atomic E-state index is 1.05. The second kappa shape index (κ2) is 4.64. The van der Waals surface area contributed by atoms with E-state index in [-0.39, 0.29) is 0 Å².